The molecule has 0 N–H and O–H groups in total. The topological polar surface area (TPSA) is 20.3 Å². The summed E-state index contributed by atoms with van der Waals surface area (Å²) in [6.45, 7) is 4.88. The standard InChI is InChI=1S/C10H11NO.C2H6/c12-10-7-4-8-11(10)9-5-2-1-3-6-9;1-2/h1-3,5-6H,4,7-8H2;1-2H3. The van der Waals surface area contributed by atoms with Gasteiger partial charge in [-0.3, -0.25) is 4.79 Å². The molecule has 14 heavy (non-hydrogen) atoms. The van der Waals surface area contributed by atoms with Crippen LogP contribution < -0.4 is 4.90 Å². The molecule has 0 atom stereocenters. The van der Waals surface area contributed by atoms with Crippen LogP contribution in [-0.2, 0) is 4.79 Å². The zero-order valence-electron chi connectivity index (χ0n) is 8.86. The summed E-state index contributed by atoms with van der Waals surface area (Å²) in [5, 5.41) is 0. The van der Waals surface area contributed by atoms with Crippen LogP contribution in [0.2, 0.25) is 0 Å². The minimum absolute atomic E-state index is 0.251. The highest BCUT2D eigenvalue weighted by Gasteiger charge is 2.20. The fourth-order valence-corrected chi connectivity index (χ4v) is 1.53. The average molecular weight is 191 g/mol. The van der Waals surface area contributed by atoms with Gasteiger partial charge in [-0.2, -0.15) is 0 Å². The van der Waals surface area contributed by atoms with Crippen LogP contribution in [0.1, 0.15) is 26.7 Å². The Morgan fingerprint density at radius 2 is 1.79 bits per heavy atom. The molecular formula is C12H17NO. The number of carbonyl (C=O) groups is 1. The molecule has 0 aromatic heterocycles. The van der Waals surface area contributed by atoms with Crippen molar-refractivity contribution in [3.63, 3.8) is 0 Å². The van der Waals surface area contributed by atoms with Crippen LogP contribution in [-0.4, -0.2) is 12.5 Å². The van der Waals surface area contributed by atoms with Crippen LogP contribution in [0.5, 0.6) is 0 Å². The molecule has 1 heterocycles. The SMILES string of the molecule is CC.O=C1CCCN1c1ccccc1. The number of para-hydroxylation sites is 1. The normalized spacial score (nSPS) is 15.0. The molecule has 0 aliphatic carbocycles. The Balaban J connectivity index is 0.000000461. The highest BCUT2D eigenvalue weighted by Crippen LogP contribution is 2.19. The van der Waals surface area contributed by atoms with Crippen molar-refractivity contribution < 1.29 is 4.79 Å². The van der Waals surface area contributed by atoms with Crippen LogP contribution in [0.3, 0.4) is 0 Å². The molecule has 1 aromatic rings. The first-order valence-electron chi connectivity index (χ1n) is 5.23. The second-order valence-electron chi connectivity index (χ2n) is 2.98. The molecule has 0 unspecified atom stereocenters. The van der Waals surface area contributed by atoms with Crippen molar-refractivity contribution in [2.75, 3.05) is 11.4 Å². The maximum atomic E-state index is 11.3. The van der Waals surface area contributed by atoms with E-state index in [1.54, 1.807) is 0 Å². The van der Waals surface area contributed by atoms with Crippen molar-refractivity contribution in [3.8, 4) is 0 Å². The summed E-state index contributed by atoms with van der Waals surface area (Å²) in [4.78, 5) is 13.1. The third-order valence-corrected chi connectivity index (χ3v) is 2.14. The Kier molecular flexibility index (Phi) is 4.17. The molecule has 1 amide bonds. The fourth-order valence-electron chi connectivity index (χ4n) is 1.53. The molecule has 0 radical (unpaired) electrons. The van der Waals surface area contributed by atoms with Crippen LogP contribution in [0.15, 0.2) is 30.3 Å². The van der Waals surface area contributed by atoms with Gasteiger partial charge in [0.25, 0.3) is 0 Å². The molecule has 1 aliphatic rings. The largest absolute Gasteiger partial charge is 0.312 e. The van der Waals surface area contributed by atoms with E-state index >= 15 is 0 Å². The lowest BCUT2D eigenvalue weighted by molar-refractivity contribution is -0.117. The number of carbonyl (C=O) groups excluding carboxylic acids is 1. The van der Waals surface area contributed by atoms with E-state index in [4.69, 9.17) is 0 Å². The predicted molar refractivity (Wildman–Crippen MR) is 59.4 cm³/mol. The van der Waals surface area contributed by atoms with Gasteiger partial charge in [0.1, 0.15) is 0 Å². The number of rotatable bonds is 1. The molecule has 2 nitrogen and oxygen atoms in total. The molecule has 2 heteroatoms. The highest BCUT2D eigenvalue weighted by molar-refractivity contribution is 5.95. The molecule has 76 valence electrons. The summed E-state index contributed by atoms with van der Waals surface area (Å²) in [7, 11) is 0. The van der Waals surface area contributed by atoms with Gasteiger partial charge in [-0.05, 0) is 18.6 Å². The van der Waals surface area contributed by atoms with E-state index in [0.717, 1.165) is 18.7 Å². The minimum Gasteiger partial charge on any atom is -0.312 e. The van der Waals surface area contributed by atoms with E-state index in [1.807, 2.05) is 49.1 Å². The van der Waals surface area contributed by atoms with Gasteiger partial charge in [0.15, 0.2) is 0 Å². The second-order valence-corrected chi connectivity index (χ2v) is 2.98. The Morgan fingerprint density at radius 1 is 1.14 bits per heavy atom. The zero-order valence-corrected chi connectivity index (χ0v) is 8.86. The van der Waals surface area contributed by atoms with Gasteiger partial charge in [-0.25, -0.2) is 0 Å². The van der Waals surface area contributed by atoms with Gasteiger partial charge >= 0.3 is 0 Å². The van der Waals surface area contributed by atoms with Crippen molar-refractivity contribution in [2.24, 2.45) is 0 Å². The summed E-state index contributed by atoms with van der Waals surface area (Å²) >= 11 is 0. The number of amides is 1. The number of hydrogen-bond acceptors (Lipinski definition) is 1. The molecule has 1 aliphatic heterocycles. The molecule has 0 spiro atoms. The molecule has 2 rings (SSSR count). The molecule has 1 aromatic carbocycles. The average Bonchev–Trinajstić information content (AvgIpc) is 2.69. The smallest absolute Gasteiger partial charge is 0.227 e. The first-order chi connectivity index (χ1) is 6.88. The Hall–Kier alpha value is -1.31. The van der Waals surface area contributed by atoms with Gasteiger partial charge in [0.2, 0.25) is 5.91 Å². The predicted octanol–water partition coefficient (Wildman–Crippen LogP) is 2.84. The van der Waals surface area contributed by atoms with Gasteiger partial charge in [0, 0.05) is 18.7 Å². The minimum atomic E-state index is 0.251. The first kappa shape index (κ1) is 10.8. The lowest BCUT2D eigenvalue weighted by Gasteiger charge is -2.14. The molecule has 1 saturated heterocycles. The van der Waals surface area contributed by atoms with Crippen LogP contribution in [0.4, 0.5) is 5.69 Å². The monoisotopic (exact) mass is 191 g/mol. The summed E-state index contributed by atoms with van der Waals surface area (Å²) in [5.74, 6) is 0.251. The van der Waals surface area contributed by atoms with E-state index in [-0.39, 0.29) is 5.91 Å². The molecule has 1 fully saturated rings. The van der Waals surface area contributed by atoms with E-state index in [9.17, 15) is 4.79 Å². The van der Waals surface area contributed by atoms with Crippen molar-refractivity contribution in [1.82, 2.24) is 0 Å². The number of hydrogen-bond donors (Lipinski definition) is 0. The van der Waals surface area contributed by atoms with E-state index in [0.29, 0.717) is 6.42 Å². The third-order valence-electron chi connectivity index (χ3n) is 2.14. The Labute approximate surface area is 85.5 Å². The van der Waals surface area contributed by atoms with Crippen LogP contribution >= 0.6 is 0 Å². The maximum absolute atomic E-state index is 11.3. The lowest BCUT2D eigenvalue weighted by atomic mass is 10.3. The van der Waals surface area contributed by atoms with Crippen molar-refractivity contribution in [3.05, 3.63) is 30.3 Å². The van der Waals surface area contributed by atoms with E-state index < -0.39 is 0 Å². The van der Waals surface area contributed by atoms with Gasteiger partial charge in [0.05, 0.1) is 0 Å². The van der Waals surface area contributed by atoms with Crippen molar-refractivity contribution in [2.45, 2.75) is 26.7 Å². The second kappa shape index (κ2) is 5.43. The molecule has 0 saturated carbocycles. The molecule has 0 bridgehead atoms. The Morgan fingerprint density at radius 3 is 2.29 bits per heavy atom. The van der Waals surface area contributed by atoms with Gasteiger partial charge in [-0.15, -0.1) is 0 Å². The van der Waals surface area contributed by atoms with E-state index in [1.165, 1.54) is 0 Å². The summed E-state index contributed by atoms with van der Waals surface area (Å²) in [6, 6.07) is 9.83. The highest BCUT2D eigenvalue weighted by atomic mass is 16.2. The third kappa shape index (κ3) is 2.34. The summed E-state index contributed by atoms with van der Waals surface area (Å²) < 4.78 is 0. The quantitative estimate of drug-likeness (QED) is 0.668. The number of benzene rings is 1. The summed E-state index contributed by atoms with van der Waals surface area (Å²) in [5.41, 5.74) is 1.03. The van der Waals surface area contributed by atoms with Gasteiger partial charge in [-0.1, -0.05) is 32.0 Å². The molecular weight excluding hydrogens is 174 g/mol. The maximum Gasteiger partial charge on any atom is 0.227 e. The van der Waals surface area contributed by atoms with Crippen LogP contribution in [0, 0.1) is 0 Å². The number of nitrogens with zero attached hydrogens (tertiary/aromatic N) is 1. The zero-order chi connectivity index (χ0) is 10.4. The van der Waals surface area contributed by atoms with Gasteiger partial charge < -0.3 is 4.90 Å². The lowest BCUT2D eigenvalue weighted by Crippen LogP contribution is -2.23. The number of anilines is 1. The van der Waals surface area contributed by atoms with Crippen molar-refractivity contribution in [1.29, 1.82) is 0 Å². The first-order valence-corrected chi connectivity index (χ1v) is 5.23. The summed E-state index contributed by atoms with van der Waals surface area (Å²) in [6.07, 6.45) is 1.70. The van der Waals surface area contributed by atoms with E-state index in [2.05, 4.69) is 0 Å². The fraction of sp³-hybridized carbons (Fsp3) is 0.417. The van der Waals surface area contributed by atoms with Crippen LogP contribution in [0.25, 0.3) is 0 Å². The Bertz CT molecular complexity index is 282. The van der Waals surface area contributed by atoms with Crippen molar-refractivity contribution >= 4 is 11.6 Å².